The van der Waals surface area contributed by atoms with Crippen LogP contribution in [0.15, 0.2) is 47.1 Å². The molecule has 0 atom stereocenters. The van der Waals surface area contributed by atoms with Crippen molar-refractivity contribution in [1.82, 2.24) is 24.4 Å². The fraction of sp³-hybridized carbons (Fsp3) is 0.0625. The summed E-state index contributed by atoms with van der Waals surface area (Å²) < 4.78 is 23.9. The molecule has 130 valence electrons. The van der Waals surface area contributed by atoms with Gasteiger partial charge in [-0.3, -0.25) is 10.1 Å². The van der Waals surface area contributed by atoms with E-state index in [2.05, 4.69) is 25.0 Å². The number of hydrogen-bond acceptors (Lipinski definition) is 7. The van der Waals surface area contributed by atoms with Gasteiger partial charge in [-0.1, -0.05) is 5.21 Å². The molecule has 1 aromatic carbocycles. The molecule has 0 saturated heterocycles. The van der Waals surface area contributed by atoms with E-state index in [1.54, 1.807) is 35.9 Å². The van der Waals surface area contributed by atoms with Crippen LogP contribution in [0.1, 0.15) is 16.2 Å². The molecular weight excluding hydrogens is 359 g/mol. The number of aromatic nitrogens is 5. The van der Waals surface area contributed by atoms with Crippen LogP contribution < -0.4 is 5.32 Å². The van der Waals surface area contributed by atoms with Crippen molar-refractivity contribution in [2.75, 3.05) is 5.32 Å². The second-order valence-electron chi connectivity index (χ2n) is 5.27. The highest BCUT2D eigenvalue weighted by Crippen LogP contribution is 2.24. The molecule has 4 aromatic rings. The predicted molar refractivity (Wildman–Crippen MR) is 91.6 cm³/mol. The van der Waals surface area contributed by atoms with Crippen LogP contribution in [0.2, 0.25) is 0 Å². The fourth-order valence-corrected chi connectivity index (χ4v) is 2.87. The highest BCUT2D eigenvalue weighted by Gasteiger charge is 2.18. The Balaban J connectivity index is 1.58. The summed E-state index contributed by atoms with van der Waals surface area (Å²) in [4.78, 5) is 16.2. The van der Waals surface area contributed by atoms with Crippen LogP contribution in [0, 0.1) is 12.7 Å². The summed E-state index contributed by atoms with van der Waals surface area (Å²) in [5.74, 6) is -0.218. The average Bonchev–Trinajstić information content (AvgIpc) is 3.36. The van der Waals surface area contributed by atoms with Gasteiger partial charge in [0, 0.05) is 11.5 Å². The minimum Gasteiger partial charge on any atom is -0.459 e. The molecule has 0 aliphatic heterocycles. The largest absolute Gasteiger partial charge is 0.459 e. The monoisotopic (exact) mass is 370 g/mol. The molecule has 0 unspecified atom stereocenters. The maximum absolute atomic E-state index is 13.1. The van der Waals surface area contributed by atoms with E-state index in [1.807, 2.05) is 0 Å². The maximum atomic E-state index is 13.1. The van der Waals surface area contributed by atoms with Gasteiger partial charge in [-0.15, -0.1) is 5.10 Å². The molecule has 0 radical (unpaired) electrons. The van der Waals surface area contributed by atoms with Crippen LogP contribution in [0.25, 0.3) is 17.2 Å². The van der Waals surface area contributed by atoms with Gasteiger partial charge in [0.2, 0.25) is 5.13 Å². The first-order valence-electron chi connectivity index (χ1n) is 7.49. The smallest absolute Gasteiger partial charge is 0.293 e. The number of carbonyl (C=O) groups is 1. The van der Waals surface area contributed by atoms with Crippen molar-refractivity contribution in [2.45, 2.75) is 6.92 Å². The average molecular weight is 370 g/mol. The molecule has 1 N–H and O–H groups in total. The van der Waals surface area contributed by atoms with Gasteiger partial charge in [-0.25, -0.2) is 9.07 Å². The van der Waals surface area contributed by atoms with Crippen molar-refractivity contribution < 1.29 is 13.6 Å². The molecule has 4 rings (SSSR count). The standard InChI is InChI=1S/C16H11FN6O2S/c1-9-13(20-22-23(9)11-6-4-10(17)5-7-11)14-18-16(26-21-14)19-15(24)12-3-2-8-25-12/h2-8H,1H3,(H,18,19,21,24). The Morgan fingerprint density at radius 2 is 2.08 bits per heavy atom. The van der Waals surface area contributed by atoms with Gasteiger partial charge in [-0.2, -0.15) is 9.36 Å². The van der Waals surface area contributed by atoms with Crippen LogP contribution in [-0.2, 0) is 0 Å². The molecule has 3 heterocycles. The molecule has 0 aliphatic rings. The van der Waals surface area contributed by atoms with Crippen molar-refractivity contribution in [2.24, 2.45) is 0 Å². The summed E-state index contributed by atoms with van der Waals surface area (Å²) in [7, 11) is 0. The highest BCUT2D eigenvalue weighted by molar-refractivity contribution is 7.10. The van der Waals surface area contributed by atoms with Gasteiger partial charge in [-0.05, 0) is 43.3 Å². The number of nitrogens with one attached hydrogen (secondary N) is 1. The second-order valence-corrected chi connectivity index (χ2v) is 6.02. The van der Waals surface area contributed by atoms with Crippen LogP contribution in [-0.4, -0.2) is 30.3 Å². The lowest BCUT2D eigenvalue weighted by Crippen LogP contribution is -2.10. The Morgan fingerprint density at radius 3 is 2.81 bits per heavy atom. The summed E-state index contributed by atoms with van der Waals surface area (Å²) in [5.41, 5.74) is 1.84. The van der Waals surface area contributed by atoms with Crippen LogP contribution in [0.5, 0.6) is 0 Å². The number of anilines is 1. The molecule has 0 saturated carbocycles. The molecule has 0 bridgehead atoms. The van der Waals surface area contributed by atoms with Crippen LogP contribution in [0.4, 0.5) is 9.52 Å². The summed E-state index contributed by atoms with van der Waals surface area (Å²) in [6.45, 7) is 1.81. The number of rotatable bonds is 4. The minimum absolute atomic E-state index is 0.181. The summed E-state index contributed by atoms with van der Waals surface area (Å²) in [5, 5.41) is 11.1. The first kappa shape index (κ1) is 16.1. The lowest BCUT2D eigenvalue weighted by molar-refractivity contribution is 0.0996. The number of carbonyl (C=O) groups excluding carboxylic acids is 1. The number of halogens is 1. The van der Waals surface area contributed by atoms with E-state index in [0.717, 1.165) is 11.5 Å². The third kappa shape index (κ3) is 2.97. The molecule has 3 aromatic heterocycles. The van der Waals surface area contributed by atoms with Gasteiger partial charge in [0.25, 0.3) is 5.91 Å². The Hall–Kier alpha value is -3.40. The van der Waals surface area contributed by atoms with Crippen molar-refractivity contribution in [3.8, 4) is 17.2 Å². The van der Waals surface area contributed by atoms with Crippen molar-refractivity contribution in [3.05, 3.63) is 59.9 Å². The van der Waals surface area contributed by atoms with E-state index in [1.165, 1.54) is 18.4 Å². The van der Waals surface area contributed by atoms with E-state index in [4.69, 9.17) is 4.42 Å². The lowest BCUT2D eigenvalue weighted by atomic mass is 10.3. The molecule has 0 spiro atoms. The number of furan rings is 1. The first-order valence-corrected chi connectivity index (χ1v) is 8.26. The molecule has 26 heavy (non-hydrogen) atoms. The second kappa shape index (κ2) is 6.48. The normalized spacial score (nSPS) is 10.8. The van der Waals surface area contributed by atoms with Crippen LogP contribution in [0.3, 0.4) is 0 Å². The third-order valence-electron chi connectivity index (χ3n) is 3.57. The van der Waals surface area contributed by atoms with E-state index < -0.39 is 5.91 Å². The zero-order chi connectivity index (χ0) is 18.1. The Kier molecular flexibility index (Phi) is 4.01. The summed E-state index contributed by atoms with van der Waals surface area (Å²) in [6.07, 6.45) is 1.41. The molecule has 0 aliphatic carbocycles. The molecular formula is C16H11FN6O2S. The highest BCUT2D eigenvalue weighted by atomic mass is 32.1. The molecule has 10 heteroatoms. The third-order valence-corrected chi connectivity index (χ3v) is 4.20. The van der Waals surface area contributed by atoms with Crippen LogP contribution >= 0.6 is 11.5 Å². The zero-order valence-electron chi connectivity index (χ0n) is 13.4. The summed E-state index contributed by atoms with van der Waals surface area (Å²) >= 11 is 1.02. The van der Waals surface area contributed by atoms with Gasteiger partial charge in [0.1, 0.15) is 5.82 Å². The molecule has 1 amide bonds. The number of amides is 1. The van der Waals surface area contributed by atoms with E-state index in [0.29, 0.717) is 28.0 Å². The number of hydrogen-bond donors (Lipinski definition) is 1. The minimum atomic E-state index is -0.413. The van der Waals surface area contributed by atoms with Gasteiger partial charge in [0.05, 0.1) is 17.6 Å². The number of nitrogens with zero attached hydrogens (tertiary/aromatic N) is 5. The van der Waals surface area contributed by atoms with E-state index in [9.17, 15) is 9.18 Å². The van der Waals surface area contributed by atoms with Crippen molar-refractivity contribution >= 4 is 22.6 Å². The number of benzene rings is 1. The fourth-order valence-electron chi connectivity index (χ4n) is 2.30. The topological polar surface area (TPSA) is 98.7 Å². The summed E-state index contributed by atoms with van der Waals surface area (Å²) in [6, 6.07) is 9.07. The van der Waals surface area contributed by atoms with Crippen molar-refractivity contribution in [1.29, 1.82) is 0 Å². The maximum Gasteiger partial charge on any atom is 0.293 e. The lowest BCUT2D eigenvalue weighted by Gasteiger charge is -2.02. The Labute approximate surface area is 150 Å². The predicted octanol–water partition coefficient (Wildman–Crippen LogP) is 3.08. The Morgan fingerprint density at radius 1 is 1.27 bits per heavy atom. The molecule has 0 fully saturated rings. The SMILES string of the molecule is Cc1c(-c2nsc(NC(=O)c3ccco3)n2)nnn1-c1ccc(F)cc1. The zero-order valence-corrected chi connectivity index (χ0v) is 14.2. The first-order chi connectivity index (χ1) is 12.6. The van der Waals surface area contributed by atoms with Gasteiger partial charge < -0.3 is 4.42 Å². The van der Waals surface area contributed by atoms with E-state index >= 15 is 0 Å². The van der Waals surface area contributed by atoms with E-state index in [-0.39, 0.29) is 11.6 Å². The quantitative estimate of drug-likeness (QED) is 0.593. The van der Waals surface area contributed by atoms with Gasteiger partial charge >= 0.3 is 0 Å². The van der Waals surface area contributed by atoms with Crippen molar-refractivity contribution in [3.63, 3.8) is 0 Å². The van der Waals surface area contributed by atoms with Gasteiger partial charge in [0.15, 0.2) is 17.3 Å². The Bertz CT molecular complexity index is 1060. The molecule has 8 nitrogen and oxygen atoms in total.